The van der Waals surface area contributed by atoms with Gasteiger partial charge in [0.25, 0.3) is 0 Å². The molecule has 3 N–H and O–H groups in total. The molecule has 2 rings (SSSR count). The molecular formula is C17H24ClNO. The van der Waals surface area contributed by atoms with Gasteiger partial charge in [0.2, 0.25) is 0 Å². The maximum atomic E-state index is 10.3. The van der Waals surface area contributed by atoms with E-state index in [4.69, 9.17) is 5.73 Å². The first-order valence-corrected chi connectivity index (χ1v) is 7.01. The molecule has 0 amide bonds. The zero-order valence-electron chi connectivity index (χ0n) is 12.1. The van der Waals surface area contributed by atoms with Crippen LogP contribution in [-0.2, 0) is 0 Å². The number of benzene rings is 2. The molecule has 2 atom stereocenters. The number of hydrogen-bond donors (Lipinski definition) is 2. The minimum absolute atomic E-state index is 0. The van der Waals surface area contributed by atoms with Crippen LogP contribution in [-0.4, -0.2) is 11.2 Å². The van der Waals surface area contributed by atoms with Crippen molar-refractivity contribution in [1.82, 2.24) is 0 Å². The summed E-state index contributed by atoms with van der Waals surface area (Å²) >= 11 is 0. The summed E-state index contributed by atoms with van der Waals surface area (Å²) in [5.74, 6) is 0.592. The van der Waals surface area contributed by atoms with Gasteiger partial charge in [-0.3, -0.25) is 0 Å². The van der Waals surface area contributed by atoms with Crippen LogP contribution < -0.4 is 5.73 Å². The predicted molar refractivity (Wildman–Crippen MR) is 88.2 cm³/mol. The predicted octanol–water partition coefficient (Wildman–Crippen LogP) is 4.06. The molecule has 0 spiro atoms. The SMILES string of the molecule is CC(C)CC[C@H](O)[C@H](N)c1cccc2ccccc12.Cl. The Morgan fingerprint density at radius 1 is 1.00 bits per heavy atom. The summed E-state index contributed by atoms with van der Waals surface area (Å²) in [5, 5.41) is 12.6. The Bertz CT molecular complexity index is 536. The summed E-state index contributed by atoms with van der Waals surface area (Å²) in [4.78, 5) is 0. The lowest BCUT2D eigenvalue weighted by Gasteiger charge is -2.21. The van der Waals surface area contributed by atoms with Crippen molar-refractivity contribution in [2.45, 2.75) is 38.8 Å². The van der Waals surface area contributed by atoms with Gasteiger partial charge in [-0.2, -0.15) is 0 Å². The molecule has 0 saturated heterocycles. The fraction of sp³-hybridized carbons (Fsp3) is 0.412. The van der Waals surface area contributed by atoms with Gasteiger partial charge in [0.15, 0.2) is 0 Å². The zero-order chi connectivity index (χ0) is 13.8. The summed E-state index contributed by atoms with van der Waals surface area (Å²) in [6.45, 7) is 4.33. The molecule has 2 nitrogen and oxygen atoms in total. The highest BCUT2D eigenvalue weighted by Gasteiger charge is 2.18. The van der Waals surface area contributed by atoms with E-state index in [0.29, 0.717) is 5.92 Å². The van der Waals surface area contributed by atoms with Crippen LogP contribution in [0.15, 0.2) is 42.5 Å². The normalized spacial score (nSPS) is 14.1. The number of aliphatic hydroxyl groups excluding tert-OH is 1. The topological polar surface area (TPSA) is 46.2 Å². The number of nitrogens with two attached hydrogens (primary N) is 1. The largest absolute Gasteiger partial charge is 0.391 e. The lowest BCUT2D eigenvalue weighted by atomic mass is 9.92. The molecule has 3 heteroatoms. The van der Waals surface area contributed by atoms with E-state index in [1.165, 1.54) is 5.39 Å². The zero-order valence-corrected chi connectivity index (χ0v) is 12.9. The smallest absolute Gasteiger partial charge is 0.0733 e. The summed E-state index contributed by atoms with van der Waals surface area (Å²) in [6.07, 6.45) is 1.27. The highest BCUT2D eigenvalue weighted by atomic mass is 35.5. The molecule has 2 aromatic carbocycles. The molecule has 0 fully saturated rings. The maximum Gasteiger partial charge on any atom is 0.0733 e. The second kappa shape index (κ2) is 7.63. The number of aliphatic hydroxyl groups is 1. The standard InChI is InChI=1S/C17H23NO.ClH/c1-12(2)10-11-16(19)17(18)15-9-5-7-13-6-3-4-8-14(13)15;/h3-9,12,16-17,19H,10-11,18H2,1-2H3;1H/t16-,17+;/m0./s1. The molecule has 0 aliphatic carbocycles. The van der Waals surface area contributed by atoms with E-state index in [0.717, 1.165) is 23.8 Å². The monoisotopic (exact) mass is 293 g/mol. The molecular weight excluding hydrogens is 270 g/mol. The molecule has 20 heavy (non-hydrogen) atoms. The molecule has 2 aromatic rings. The molecule has 0 aromatic heterocycles. The fourth-order valence-electron chi connectivity index (χ4n) is 2.43. The van der Waals surface area contributed by atoms with E-state index in [1.54, 1.807) is 0 Å². The van der Waals surface area contributed by atoms with E-state index in [1.807, 2.05) is 24.3 Å². The van der Waals surface area contributed by atoms with Crippen LogP contribution >= 0.6 is 12.4 Å². The number of halogens is 1. The first-order valence-electron chi connectivity index (χ1n) is 7.01. The minimum atomic E-state index is -0.479. The highest BCUT2D eigenvalue weighted by molar-refractivity contribution is 5.86. The van der Waals surface area contributed by atoms with Crippen molar-refractivity contribution in [2.75, 3.05) is 0 Å². The Kier molecular flexibility index (Phi) is 6.47. The molecule has 110 valence electrons. The first kappa shape index (κ1) is 17.0. The van der Waals surface area contributed by atoms with Crippen molar-refractivity contribution in [1.29, 1.82) is 0 Å². The van der Waals surface area contributed by atoms with Crippen LogP contribution in [0.25, 0.3) is 10.8 Å². The van der Waals surface area contributed by atoms with Gasteiger partial charge < -0.3 is 10.8 Å². The van der Waals surface area contributed by atoms with Gasteiger partial charge in [-0.25, -0.2) is 0 Å². The van der Waals surface area contributed by atoms with Crippen LogP contribution in [0.2, 0.25) is 0 Å². The summed E-state index contributed by atoms with van der Waals surface area (Å²) in [6, 6.07) is 14.0. The van der Waals surface area contributed by atoms with Gasteiger partial charge in [0, 0.05) is 0 Å². The van der Waals surface area contributed by atoms with Crippen LogP contribution in [0, 0.1) is 5.92 Å². The number of hydrogen-bond acceptors (Lipinski definition) is 2. The van der Waals surface area contributed by atoms with Crippen LogP contribution in [0.1, 0.15) is 38.3 Å². The Hall–Kier alpha value is -1.09. The van der Waals surface area contributed by atoms with Gasteiger partial charge >= 0.3 is 0 Å². The third-order valence-electron chi connectivity index (χ3n) is 3.64. The van der Waals surface area contributed by atoms with Crippen molar-refractivity contribution in [3.63, 3.8) is 0 Å². The third-order valence-corrected chi connectivity index (χ3v) is 3.64. The van der Waals surface area contributed by atoms with Crippen LogP contribution in [0.5, 0.6) is 0 Å². The molecule has 0 aliphatic rings. The molecule has 0 bridgehead atoms. The van der Waals surface area contributed by atoms with Crippen LogP contribution in [0.3, 0.4) is 0 Å². The van der Waals surface area contributed by atoms with E-state index in [-0.39, 0.29) is 18.4 Å². The van der Waals surface area contributed by atoms with E-state index < -0.39 is 6.10 Å². The Balaban J connectivity index is 0.00000200. The second-order valence-corrected chi connectivity index (χ2v) is 5.63. The summed E-state index contributed by atoms with van der Waals surface area (Å²) < 4.78 is 0. The quantitative estimate of drug-likeness (QED) is 0.873. The van der Waals surface area contributed by atoms with Crippen molar-refractivity contribution in [2.24, 2.45) is 11.7 Å². The van der Waals surface area contributed by atoms with E-state index in [2.05, 4.69) is 32.0 Å². The Morgan fingerprint density at radius 3 is 2.35 bits per heavy atom. The van der Waals surface area contributed by atoms with Crippen molar-refractivity contribution >= 4 is 23.2 Å². The maximum absolute atomic E-state index is 10.3. The summed E-state index contributed by atoms with van der Waals surface area (Å²) in [7, 11) is 0. The summed E-state index contributed by atoms with van der Waals surface area (Å²) in [5.41, 5.74) is 7.28. The van der Waals surface area contributed by atoms with Crippen molar-refractivity contribution in [3.05, 3.63) is 48.0 Å². The minimum Gasteiger partial charge on any atom is -0.391 e. The van der Waals surface area contributed by atoms with Gasteiger partial charge in [0.1, 0.15) is 0 Å². The van der Waals surface area contributed by atoms with Gasteiger partial charge in [-0.1, -0.05) is 56.3 Å². The number of rotatable bonds is 5. The number of fused-ring (bicyclic) bond motifs is 1. The van der Waals surface area contributed by atoms with Gasteiger partial charge in [-0.15, -0.1) is 12.4 Å². The lowest BCUT2D eigenvalue weighted by molar-refractivity contribution is 0.129. The molecule has 0 saturated carbocycles. The average Bonchev–Trinajstić information content (AvgIpc) is 2.43. The average molecular weight is 294 g/mol. The highest BCUT2D eigenvalue weighted by Crippen LogP contribution is 2.26. The van der Waals surface area contributed by atoms with Crippen LogP contribution in [0.4, 0.5) is 0 Å². The lowest BCUT2D eigenvalue weighted by Crippen LogP contribution is -2.26. The van der Waals surface area contributed by atoms with Gasteiger partial charge in [0.05, 0.1) is 12.1 Å². The Morgan fingerprint density at radius 2 is 1.65 bits per heavy atom. The van der Waals surface area contributed by atoms with E-state index in [9.17, 15) is 5.11 Å². The van der Waals surface area contributed by atoms with Crippen molar-refractivity contribution < 1.29 is 5.11 Å². The molecule has 0 radical (unpaired) electrons. The molecule has 0 unspecified atom stereocenters. The Labute approximate surface area is 127 Å². The first-order chi connectivity index (χ1) is 9.09. The van der Waals surface area contributed by atoms with Gasteiger partial charge in [-0.05, 0) is 35.1 Å². The fourth-order valence-corrected chi connectivity index (χ4v) is 2.43. The van der Waals surface area contributed by atoms with E-state index >= 15 is 0 Å². The third kappa shape index (κ3) is 3.95. The molecule has 0 heterocycles. The second-order valence-electron chi connectivity index (χ2n) is 5.63. The molecule has 0 aliphatic heterocycles. The van der Waals surface area contributed by atoms with Crippen molar-refractivity contribution in [3.8, 4) is 0 Å².